The van der Waals surface area contributed by atoms with Crippen LogP contribution in [0, 0.1) is 11.6 Å². The zero-order chi connectivity index (χ0) is 22.3. The lowest BCUT2D eigenvalue weighted by Crippen LogP contribution is -2.47. The summed E-state index contributed by atoms with van der Waals surface area (Å²) in [4.78, 5) is 62.7. The number of fused-ring (bicyclic) bond motifs is 1. The Hall–Kier alpha value is -3.75. The van der Waals surface area contributed by atoms with Crippen LogP contribution in [0.3, 0.4) is 0 Å². The number of nitrogens with one attached hydrogen (secondary N) is 1. The van der Waals surface area contributed by atoms with Gasteiger partial charge in [0.25, 0.3) is 17.7 Å². The predicted molar refractivity (Wildman–Crippen MR) is 102 cm³/mol. The number of imide groups is 1. The monoisotopic (exact) mass is 426 g/mol. The van der Waals surface area contributed by atoms with Crippen molar-refractivity contribution in [2.75, 3.05) is 0 Å². The van der Waals surface area contributed by atoms with E-state index < -0.39 is 41.2 Å². The van der Waals surface area contributed by atoms with Gasteiger partial charge in [-0.2, -0.15) is 0 Å². The molecule has 7 nitrogen and oxygen atoms in total. The second-order valence-corrected chi connectivity index (χ2v) is 7.37. The van der Waals surface area contributed by atoms with Crippen molar-refractivity contribution >= 4 is 29.3 Å². The largest absolute Gasteiger partial charge is 0.348 e. The molecular formula is C22H16F2N2O5. The minimum atomic E-state index is -1.17. The van der Waals surface area contributed by atoms with Gasteiger partial charge in [0.05, 0.1) is 23.6 Å². The summed E-state index contributed by atoms with van der Waals surface area (Å²) in [6.45, 7) is -0.148. The summed E-state index contributed by atoms with van der Waals surface area (Å²) in [5.74, 6) is -4.92. The quantitative estimate of drug-likeness (QED) is 0.597. The van der Waals surface area contributed by atoms with E-state index in [4.69, 9.17) is 0 Å². The van der Waals surface area contributed by atoms with E-state index >= 15 is 0 Å². The van der Waals surface area contributed by atoms with Crippen molar-refractivity contribution in [2.45, 2.75) is 31.8 Å². The molecule has 31 heavy (non-hydrogen) atoms. The minimum Gasteiger partial charge on any atom is -0.348 e. The van der Waals surface area contributed by atoms with Crippen molar-refractivity contribution in [3.05, 3.63) is 70.3 Å². The molecule has 0 radical (unpaired) electrons. The SMILES string of the molecule is O=C1CCC(N2C(=O)c3cccc(CNC(=O)c4ccc(F)c(F)c4)c3C2=O)C(=O)C1. The summed E-state index contributed by atoms with van der Waals surface area (Å²) in [6.07, 6.45) is -0.110. The molecule has 2 aromatic rings. The lowest BCUT2D eigenvalue weighted by molar-refractivity contribution is -0.132. The molecule has 0 spiro atoms. The lowest BCUT2D eigenvalue weighted by Gasteiger charge is -2.27. The van der Waals surface area contributed by atoms with Crippen molar-refractivity contribution in [3.8, 4) is 0 Å². The van der Waals surface area contributed by atoms with Crippen LogP contribution in [0.4, 0.5) is 8.78 Å². The highest BCUT2D eigenvalue weighted by Gasteiger charge is 2.45. The number of carbonyl (C=O) groups excluding carboxylic acids is 5. The maximum atomic E-state index is 13.4. The summed E-state index contributed by atoms with van der Waals surface area (Å²) in [5.41, 5.74) is 0.415. The maximum absolute atomic E-state index is 13.4. The molecule has 4 rings (SSSR count). The van der Waals surface area contributed by atoms with Crippen LogP contribution in [0.25, 0.3) is 0 Å². The Labute approximate surface area is 175 Å². The Morgan fingerprint density at radius 1 is 1.03 bits per heavy atom. The highest BCUT2D eigenvalue weighted by Crippen LogP contribution is 2.31. The molecule has 3 amide bonds. The van der Waals surface area contributed by atoms with Crippen LogP contribution in [0.15, 0.2) is 36.4 Å². The fraction of sp³-hybridized carbons (Fsp3) is 0.227. The average Bonchev–Trinajstić information content (AvgIpc) is 2.99. The molecule has 2 aromatic carbocycles. The Bertz CT molecular complexity index is 1160. The number of rotatable bonds is 4. The van der Waals surface area contributed by atoms with E-state index in [1.807, 2.05) is 0 Å². The summed E-state index contributed by atoms with van der Waals surface area (Å²) in [7, 11) is 0. The molecule has 1 aliphatic heterocycles. The van der Waals surface area contributed by atoms with Gasteiger partial charge in [-0.05, 0) is 36.2 Å². The van der Waals surface area contributed by atoms with Gasteiger partial charge in [-0.25, -0.2) is 8.78 Å². The number of hydrogen-bond acceptors (Lipinski definition) is 5. The number of benzene rings is 2. The third kappa shape index (κ3) is 3.63. The van der Waals surface area contributed by atoms with Crippen LogP contribution in [0.1, 0.15) is 55.9 Å². The van der Waals surface area contributed by atoms with Gasteiger partial charge >= 0.3 is 0 Å². The summed E-state index contributed by atoms with van der Waals surface area (Å²) in [6, 6.07) is 6.26. The first-order valence-corrected chi connectivity index (χ1v) is 9.55. The Morgan fingerprint density at radius 3 is 2.52 bits per heavy atom. The molecule has 1 saturated carbocycles. The maximum Gasteiger partial charge on any atom is 0.262 e. The van der Waals surface area contributed by atoms with Crippen molar-refractivity contribution in [1.82, 2.24) is 10.2 Å². The van der Waals surface area contributed by atoms with Crippen LogP contribution < -0.4 is 5.32 Å². The predicted octanol–water partition coefficient (Wildman–Crippen LogP) is 2.18. The molecule has 9 heteroatoms. The zero-order valence-electron chi connectivity index (χ0n) is 16.1. The zero-order valence-corrected chi connectivity index (χ0v) is 16.1. The first-order valence-electron chi connectivity index (χ1n) is 9.55. The van der Waals surface area contributed by atoms with Crippen molar-refractivity contribution < 1.29 is 32.8 Å². The standard InChI is InChI=1S/C22H16F2N2O5/c23-15-6-4-11(8-16(15)24)20(29)25-10-12-2-1-3-14-19(12)22(31)26(21(14)30)17-7-5-13(27)9-18(17)28/h1-4,6,8,17H,5,7,9-10H2,(H,25,29). The van der Waals surface area contributed by atoms with Crippen LogP contribution in [0.2, 0.25) is 0 Å². The highest BCUT2D eigenvalue weighted by molar-refractivity contribution is 6.24. The van der Waals surface area contributed by atoms with Gasteiger partial charge in [-0.15, -0.1) is 0 Å². The van der Waals surface area contributed by atoms with Crippen molar-refractivity contribution in [1.29, 1.82) is 0 Å². The highest BCUT2D eigenvalue weighted by atomic mass is 19.2. The summed E-state index contributed by atoms with van der Waals surface area (Å²) >= 11 is 0. The van der Waals surface area contributed by atoms with E-state index in [0.29, 0.717) is 5.56 Å². The second-order valence-electron chi connectivity index (χ2n) is 7.37. The van der Waals surface area contributed by atoms with Gasteiger partial charge in [-0.3, -0.25) is 28.9 Å². The molecule has 0 aromatic heterocycles. The first kappa shape index (κ1) is 20.5. The van der Waals surface area contributed by atoms with Gasteiger partial charge in [0.2, 0.25) is 0 Å². The third-order valence-corrected chi connectivity index (χ3v) is 5.41. The minimum absolute atomic E-state index is 0.0720. The molecule has 1 aliphatic carbocycles. The van der Waals surface area contributed by atoms with E-state index in [1.54, 1.807) is 12.1 Å². The fourth-order valence-electron chi connectivity index (χ4n) is 3.85. The average molecular weight is 426 g/mol. The first-order chi connectivity index (χ1) is 14.8. The van der Waals surface area contributed by atoms with Crippen LogP contribution in [0.5, 0.6) is 0 Å². The summed E-state index contributed by atoms with van der Waals surface area (Å²) in [5, 5.41) is 2.51. The van der Waals surface area contributed by atoms with Crippen LogP contribution in [-0.2, 0) is 16.1 Å². The molecule has 1 unspecified atom stereocenters. The molecule has 1 atom stereocenters. The number of carbonyl (C=O) groups is 5. The topological polar surface area (TPSA) is 101 Å². The van der Waals surface area contributed by atoms with E-state index in [0.717, 1.165) is 23.1 Å². The van der Waals surface area contributed by atoms with E-state index in [1.165, 1.54) is 6.07 Å². The van der Waals surface area contributed by atoms with Crippen LogP contribution >= 0.6 is 0 Å². The van der Waals surface area contributed by atoms with Gasteiger partial charge in [-0.1, -0.05) is 12.1 Å². The molecule has 1 heterocycles. The molecule has 0 bridgehead atoms. The number of amides is 3. The number of hydrogen-bond donors (Lipinski definition) is 1. The third-order valence-electron chi connectivity index (χ3n) is 5.41. The molecule has 158 valence electrons. The molecular weight excluding hydrogens is 410 g/mol. The van der Waals surface area contributed by atoms with Crippen LogP contribution in [-0.4, -0.2) is 40.2 Å². The molecule has 2 aliphatic rings. The van der Waals surface area contributed by atoms with Crippen molar-refractivity contribution in [2.24, 2.45) is 0 Å². The van der Waals surface area contributed by atoms with E-state index in [-0.39, 0.29) is 48.3 Å². The Balaban J connectivity index is 1.56. The Morgan fingerprint density at radius 2 is 1.81 bits per heavy atom. The van der Waals surface area contributed by atoms with E-state index in [9.17, 15) is 32.8 Å². The fourth-order valence-corrected chi connectivity index (χ4v) is 3.85. The molecule has 1 fully saturated rings. The van der Waals surface area contributed by atoms with Gasteiger partial charge in [0.1, 0.15) is 5.78 Å². The number of halogens is 2. The lowest BCUT2D eigenvalue weighted by atomic mass is 9.92. The summed E-state index contributed by atoms with van der Waals surface area (Å²) < 4.78 is 26.4. The van der Waals surface area contributed by atoms with E-state index in [2.05, 4.69) is 5.32 Å². The normalized spacial score (nSPS) is 18.4. The molecule has 1 N–H and O–H groups in total. The smallest absolute Gasteiger partial charge is 0.262 e. The number of nitrogens with zero attached hydrogens (tertiary/aromatic N) is 1. The van der Waals surface area contributed by atoms with Crippen molar-refractivity contribution in [3.63, 3.8) is 0 Å². The van der Waals surface area contributed by atoms with Gasteiger partial charge < -0.3 is 5.32 Å². The second kappa shape index (κ2) is 7.82. The van der Waals surface area contributed by atoms with Gasteiger partial charge in [0, 0.05) is 18.5 Å². The Kier molecular flexibility index (Phi) is 5.18. The number of ketones is 2. The van der Waals surface area contributed by atoms with Gasteiger partial charge in [0.15, 0.2) is 17.4 Å². The number of Topliss-reactive ketones (excluding diaryl/α,β-unsaturated/α-hetero) is 2. The molecule has 0 saturated heterocycles.